The van der Waals surface area contributed by atoms with E-state index in [1.807, 2.05) is 24.3 Å². The van der Waals surface area contributed by atoms with E-state index in [2.05, 4.69) is 30.0 Å². The van der Waals surface area contributed by atoms with E-state index in [1.54, 1.807) is 11.0 Å². The zero-order valence-corrected chi connectivity index (χ0v) is 14.3. The summed E-state index contributed by atoms with van der Waals surface area (Å²) in [5, 5.41) is 16.5. The number of hydrogen-bond acceptors (Lipinski definition) is 3. The molecule has 1 aliphatic carbocycles. The topological polar surface area (TPSA) is 50.9 Å². The van der Waals surface area contributed by atoms with Gasteiger partial charge in [0.2, 0.25) is 0 Å². The van der Waals surface area contributed by atoms with E-state index < -0.39 is 5.60 Å². The first-order chi connectivity index (χ1) is 11.0. The molecule has 1 aromatic carbocycles. The van der Waals surface area contributed by atoms with E-state index in [0.717, 1.165) is 35.4 Å². The second-order valence-electron chi connectivity index (χ2n) is 6.59. The first-order valence-electron chi connectivity index (χ1n) is 7.98. The first kappa shape index (κ1) is 16.2. The zero-order valence-electron chi connectivity index (χ0n) is 13.5. The van der Waals surface area contributed by atoms with Crippen LogP contribution in [-0.4, -0.2) is 25.5 Å². The number of hydrogen-bond donors (Lipinski definition) is 1. The van der Waals surface area contributed by atoms with Crippen molar-refractivity contribution in [3.05, 3.63) is 53.1 Å². The Morgan fingerprint density at radius 2 is 2.09 bits per heavy atom. The Kier molecular flexibility index (Phi) is 4.30. The highest BCUT2D eigenvalue weighted by Crippen LogP contribution is 2.53. The summed E-state index contributed by atoms with van der Waals surface area (Å²) in [6.45, 7) is 4.72. The van der Waals surface area contributed by atoms with Crippen molar-refractivity contribution in [2.24, 2.45) is 5.41 Å². The lowest BCUT2D eigenvalue weighted by molar-refractivity contribution is -0.0420. The second-order valence-corrected chi connectivity index (χ2v) is 7.03. The van der Waals surface area contributed by atoms with Crippen LogP contribution >= 0.6 is 11.6 Å². The molecule has 1 saturated carbocycles. The van der Waals surface area contributed by atoms with Crippen LogP contribution in [0.3, 0.4) is 0 Å². The average Bonchev–Trinajstić information content (AvgIpc) is 3.12. The van der Waals surface area contributed by atoms with Gasteiger partial charge >= 0.3 is 0 Å². The summed E-state index contributed by atoms with van der Waals surface area (Å²) in [4.78, 5) is 3.99. The van der Waals surface area contributed by atoms with Crippen LogP contribution in [0.4, 0.5) is 0 Å². The van der Waals surface area contributed by atoms with Crippen LogP contribution in [0.5, 0.6) is 0 Å². The summed E-state index contributed by atoms with van der Waals surface area (Å²) in [7, 11) is 0. The molecule has 3 rings (SSSR count). The lowest BCUT2D eigenvalue weighted by atomic mass is 9.72. The van der Waals surface area contributed by atoms with Crippen LogP contribution in [0.15, 0.2) is 42.5 Å². The molecule has 0 radical (unpaired) electrons. The fraction of sp³-hybridized carbons (Fsp3) is 0.444. The molecule has 1 fully saturated rings. The Morgan fingerprint density at radius 3 is 2.70 bits per heavy atom. The first-order valence-corrected chi connectivity index (χ1v) is 8.36. The highest BCUT2D eigenvalue weighted by Gasteiger charge is 2.53. The molecular weight excluding hydrogens is 310 g/mol. The smallest absolute Gasteiger partial charge is 0.137 e. The molecule has 1 heterocycles. The van der Waals surface area contributed by atoms with Crippen molar-refractivity contribution >= 4 is 17.7 Å². The summed E-state index contributed by atoms with van der Waals surface area (Å²) in [6, 6.07) is 7.70. The van der Waals surface area contributed by atoms with Gasteiger partial charge in [-0.1, -0.05) is 43.7 Å². The lowest BCUT2D eigenvalue weighted by Gasteiger charge is -2.39. The van der Waals surface area contributed by atoms with E-state index in [4.69, 9.17) is 11.6 Å². The fourth-order valence-corrected chi connectivity index (χ4v) is 3.60. The number of benzene rings is 1. The fourth-order valence-electron chi connectivity index (χ4n) is 3.47. The van der Waals surface area contributed by atoms with Gasteiger partial charge in [0.05, 0.1) is 6.54 Å². The SMILES string of the molecule is CCC1(C)CC/C(=C/c2ccc(Cl)cc2)C1(O)Cn1cncn1. The molecule has 1 aromatic heterocycles. The van der Waals surface area contributed by atoms with Gasteiger partial charge in [0.15, 0.2) is 0 Å². The zero-order chi connectivity index (χ0) is 16.5. The maximum atomic E-state index is 11.6. The van der Waals surface area contributed by atoms with Crippen LogP contribution in [0.1, 0.15) is 38.7 Å². The molecule has 23 heavy (non-hydrogen) atoms. The summed E-state index contributed by atoms with van der Waals surface area (Å²) in [6.07, 6.45) is 8.02. The molecule has 0 amide bonds. The van der Waals surface area contributed by atoms with Crippen molar-refractivity contribution in [3.63, 3.8) is 0 Å². The molecule has 1 N–H and O–H groups in total. The van der Waals surface area contributed by atoms with Gasteiger partial charge in [0, 0.05) is 10.4 Å². The Balaban J connectivity index is 1.99. The van der Waals surface area contributed by atoms with Gasteiger partial charge in [-0.2, -0.15) is 5.10 Å². The van der Waals surface area contributed by atoms with Gasteiger partial charge in [-0.05, 0) is 42.5 Å². The van der Waals surface area contributed by atoms with E-state index >= 15 is 0 Å². The maximum Gasteiger partial charge on any atom is 0.137 e. The van der Waals surface area contributed by atoms with Gasteiger partial charge in [-0.25, -0.2) is 9.67 Å². The minimum Gasteiger partial charge on any atom is -0.383 e. The van der Waals surface area contributed by atoms with Gasteiger partial charge in [-0.15, -0.1) is 0 Å². The summed E-state index contributed by atoms with van der Waals surface area (Å²) in [5.74, 6) is 0. The van der Waals surface area contributed by atoms with Crippen LogP contribution in [0.25, 0.3) is 6.08 Å². The highest BCUT2D eigenvalue weighted by molar-refractivity contribution is 6.30. The third-order valence-corrected chi connectivity index (χ3v) is 5.58. The summed E-state index contributed by atoms with van der Waals surface area (Å²) < 4.78 is 1.72. The monoisotopic (exact) mass is 331 g/mol. The normalized spacial score (nSPS) is 29.3. The molecule has 2 atom stereocenters. The maximum absolute atomic E-state index is 11.6. The van der Waals surface area contributed by atoms with Crippen LogP contribution in [0.2, 0.25) is 5.02 Å². The Hall–Kier alpha value is -1.65. The molecule has 2 aromatic rings. The van der Waals surface area contributed by atoms with Gasteiger partial charge in [-0.3, -0.25) is 0 Å². The van der Waals surface area contributed by atoms with Crippen LogP contribution in [0, 0.1) is 5.41 Å². The van der Waals surface area contributed by atoms with Crippen molar-refractivity contribution in [1.29, 1.82) is 0 Å². The summed E-state index contributed by atoms with van der Waals surface area (Å²) in [5.41, 5.74) is 1.02. The average molecular weight is 332 g/mol. The molecule has 4 nitrogen and oxygen atoms in total. The quantitative estimate of drug-likeness (QED) is 0.922. The van der Waals surface area contributed by atoms with Crippen LogP contribution < -0.4 is 0 Å². The number of aromatic nitrogens is 3. The molecule has 0 spiro atoms. The minimum absolute atomic E-state index is 0.169. The van der Waals surface area contributed by atoms with E-state index in [-0.39, 0.29) is 5.41 Å². The third kappa shape index (κ3) is 2.93. The van der Waals surface area contributed by atoms with Crippen molar-refractivity contribution in [2.45, 2.75) is 45.3 Å². The highest BCUT2D eigenvalue weighted by atomic mass is 35.5. The summed E-state index contributed by atoms with van der Waals surface area (Å²) >= 11 is 5.96. The van der Waals surface area contributed by atoms with E-state index in [0.29, 0.717) is 6.54 Å². The standard InChI is InChI=1S/C18H22ClN3O/c1-3-17(2)9-8-15(10-14-4-6-16(19)7-5-14)18(17,23)11-22-13-20-12-21-22/h4-7,10,12-13,23H,3,8-9,11H2,1-2H3/b15-10-. The predicted octanol–water partition coefficient (Wildman–Crippen LogP) is 3.96. The minimum atomic E-state index is -0.922. The lowest BCUT2D eigenvalue weighted by Crippen LogP contribution is -2.46. The Morgan fingerprint density at radius 1 is 1.35 bits per heavy atom. The van der Waals surface area contributed by atoms with E-state index in [9.17, 15) is 5.11 Å². The third-order valence-electron chi connectivity index (χ3n) is 5.32. The largest absolute Gasteiger partial charge is 0.383 e. The number of aliphatic hydroxyl groups is 1. The van der Waals surface area contributed by atoms with E-state index in [1.165, 1.54) is 6.33 Å². The van der Waals surface area contributed by atoms with Gasteiger partial charge in [0.1, 0.15) is 18.3 Å². The number of nitrogens with zero attached hydrogens (tertiary/aromatic N) is 3. The molecule has 0 aliphatic heterocycles. The van der Waals surface area contributed by atoms with Crippen molar-refractivity contribution in [1.82, 2.24) is 14.8 Å². The Labute approximate surface area is 141 Å². The number of halogens is 1. The van der Waals surface area contributed by atoms with Crippen molar-refractivity contribution in [2.75, 3.05) is 0 Å². The van der Waals surface area contributed by atoms with Gasteiger partial charge in [0.25, 0.3) is 0 Å². The Bertz CT molecular complexity index is 696. The molecule has 2 unspecified atom stereocenters. The van der Waals surface area contributed by atoms with Crippen LogP contribution in [-0.2, 0) is 6.54 Å². The molecule has 5 heteroatoms. The molecular formula is C18H22ClN3O. The van der Waals surface area contributed by atoms with Crippen molar-refractivity contribution < 1.29 is 5.11 Å². The van der Waals surface area contributed by atoms with Gasteiger partial charge < -0.3 is 5.11 Å². The molecule has 0 saturated heterocycles. The predicted molar refractivity (Wildman–Crippen MR) is 92.0 cm³/mol. The number of rotatable bonds is 4. The molecule has 1 aliphatic rings. The molecule has 0 bridgehead atoms. The van der Waals surface area contributed by atoms with Crippen molar-refractivity contribution in [3.8, 4) is 0 Å². The molecule has 122 valence electrons. The second kappa shape index (κ2) is 6.10.